The van der Waals surface area contributed by atoms with E-state index in [1.54, 1.807) is 0 Å². The molecule has 1 aliphatic rings. The maximum Gasteiger partial charge on any atom is 0.314 e. The summed E-state index contributed by atoms with van der Waals surface area (Å²) >= 11 is 0. The second kappa shape index (κ2) is 7.10. The fraction of sp³-hybridized carbons (Fsp3) is 0.929. The van der Waals surface area contributed by atoms with Crippen molar-refractivity contribution in [1.29, 1.82) is 0 Å². The van der Waals surface area contributed by atoms with Gasteiger partial charge >= 0.3 is 5.97 Å². The highest BCUT2D eigenvalue weighted by atomic mass is 16.5. The Hall–Kier alpha value is -0.610. The van der Waals surface area contributed by atoms with Gasteiger partial charge in [0, 0.05) is 6.04 Å². The Kier molecular flexibility index (Phi) is 6.09. The third kappa shape index (κ3) is 3.23. The van der Waals surface area contributed by atoms with Crippen LogP contribution < -0.4 is 0 Å². The standard InChI is InChI=1S/C14H27NO3/c1-4-12(5-2)15-9-7-14(11-16,8-10-15)13(17)18-6-3/h12,16H,4-11H2,1-3H3. The second-order valence-corrected chi connectivity index (χ2v) is 5.17. The molecule has 0 radical (unpaired) electrons. The number of carbonyl (C=O) groups excluding carboxylic acids is 1. The SMILES string of the molecule is CCOC(=O)C1(CO)CCN(C(CC)CC)CC1. The van der Waals surface area contributed by atoms with Crippen LogP contribution in [0.1, 0.15) is 46.5 Å². The number of piperidine rings is 1. The Morgan fingerprint density at radius 1 is 1.28 bits per heavy atom. The molecule has 1 N–H and O–H groups in total. The summed E-state index contributed by atoms with van der Waals surface area (Å²) in [4.78, 5) is 14.4. The van der Waals surface area contributed by atoms with Crippen LogP contribution in [0.3, 0.4) is 0 Å². The number of likely N-dealkylation sites (tertiary alicyclic amines) is 1. The van der Waals surface area contributed by atoms with Gasteiger partial charge < -0.3 is 14.7 Å². The molecule has 0 atom stereocenters. The minimum Gasteiger partial charge on any atom is -0.465 e. The number of aliphatic hydroxyl groups is 1. The maximum atomic E-state index is 12.0. The van der Waals surface area contributed by atoms with Crippen molar-refractivity contribution in [3.05, 3.63) is 0 Å². The zero-order chi connectivity index (χ0) is 13.6. The molecular weight excluding hydrogens is 230 g/mol. The quantitative estimate of drug-likeness (QED) is 0.737. The minimum absolute atomic E-state index is 0.0947. The first-order chi connectivity index (χ1) is 8.63. The van der Waals surface area contributed by atoms with Crippen LogP contribution in [0.4, 0.5) is 0 Å². The van der Waals surface area contributed by atoms with Crippen molar-refractivity contribution in [1.82, 2.24) is 4.90 Å². The predicted molar refractivity (Wildman–Crippen MR) is 71.3 cm³/mol. The molecule has 0 aromatic heterocycles. The van der Waals surface area contributed by atoms with E-state index in [1.807, 2.05) is 6.92 Å². The first kappa shape index (κ1) is 15.4. The normalized spacial score (nSPS) is 20.1. The molecular formula is C14H27NO3. The zero-order valence-electron chi connectivity index (χ0n) is 11.9. The Morgan fingerprint density at radius 3 is 2.22 bits per heavy atom. The van der Waals surface area contributed by atoms with Crippen LogP contribution in [0.2, 0.25) is 0 Å². The second-order valence-electron chi connectivity index (χ2n) is 5.17. The Labute approximate surface area is 110 Å². The summed E-state index contributed by atoms with van der Waals surface area (Å²) in [5.41, 5.74) is -0.654. The van der Waals surface area contributed by atoms with Crippen molar-refractivity contribution in [3.63, 3.8) is 0 Å². The van der Waals surface area contributed by atoms with Crippen LogP contribution in [0.15, 0.2) is 0 Å². The van der Waals surface area contributed by atoms with Crippen LogP contribution in [-0.4, -0.2) is 48.3 Å². The van der Waals surface area contributed by atoms with Gasteiger partial charge in [-0.05, 0) is 45.7 Å². The molecule has 1 saturated heterocycles. The van der Waals surface area contributed by atoms with Crippen LogP contribution in [-0.2, 0) is 9.53 Å². The molecule has 1 aliphatic heterocycles. The fourth-order valence-corrected chi connectivity index (χ4v) is 2.83. The van der Waals surface area contributed by atoms with E-state index in [0.717, 1.165) is 25.9 Å². The number of ether oxygens (including phenoxy) is 1. The third-order valence-corrected chi connectivity index (χ3v) is 4.23. The number of carbonyl (C=O) groups is 1. The molecule has 1 heterocycles. The molecule has 4 heteroatoms. The van der Waals surface area contributed by atoms with E-state index >= 15 is 0 Å². The molecule has 4 nitrogen and oxygen atoms in total. The van der Waals surface area contributed by atoms with Crippen LogP contribution in [0.25, 0.3) is 0 Å². The van der Waals surface area contributed by atoms with Gasteiger partial charge in [0.2, 0.25) is 0 Å². The number of aliphatic hydroxyl groups excluding tert-OH is 1. The first-order valence-electron chi connectivity index (χ1n) is 7.15. The smallest absolute Gasteiger partial charge is 0.314 e. The molecule has 0 unspecified atom stereocenters. The van der Waals surface area contributed by atoms with Gasteiger partial charge in [-0.2, -0.15) is 0 Å². The van der Waals surface area contributed by atoms with Crippen molar-refractivity contribution in [2.75, 3.05) is 26.3 Å². The Bertz CT molecular complexity index is 256. The molecule has 0 aromatic rings. The van der Waals surface area contributed by atoms with Crippen molar-refractivity contribution < 1.29 is 14.6 Å². The van der Waals surface area contributed by atoms with Gasteiger partial charge in [-0.25, -0.2) is 0 Å². The van der Waals surface area contributed by atoms with Crippen LogP contribution in [0.5, 0.6) is 0 Å². The Balaban J connectivity index is 2.61. The van der Waals surface area contributed by atoms with Gasteiger partial charge in [0.05, 0.1) is 18.6 Å². The summed E-state index contributed by atoms with van der Waals surface area (Å²) in [6, 6.07) is 0.601. The molecule has 1 rings (SSSR count). The van der Waals surface area contributed by atoms with E-state index in [2.05, 4.69) is 18.7 Å². The first-order valence-corrected chi connectivity index (χ1v) is 7.15. The third-order valence-electron chi connectivity index (χ3n) is 4.23. The summed E-state index contributed by atoms with van der Waals surface area (Å²) < 4.78 is 5.11. The monoisotopic (exact) mass is 257 g/mol. The van der Waals surface area contributed by atoms with E-state index < -0.39 is 5.41 Å². The number of hydrogen-bond donors (Lipinski definition) is 1. The summed E-state index contributed by atoms with van der Waals surface area (Å²) in [6.45, 7) is 8.26. The molecule has 0 aliphatic carbocycles. The van der Waals surface area contributed by atoms with E-state index in [1.165, 1.54) is 0 Å². The number of rotatable bonds is 6. The van der Waals surface area contributed by atoms with Gasteiger partial charge in [0.25, 0.3) is 0 Å². The average molecular weight is 257 g/mol. The zero-order valence-corrected chi connectivity index (χ0v) is 11.9. The van der Waals surface area contributed by atoms with Gasteiger partial charge in [0.15, 0.2) is 0 Å². The molecule has 106 valence electrons. The highest BCUT2D eigenvalue weighted by Crippen LogP contribution is 2.33. The highest BCUT2D eigenvalue weighted by Gasteiger charge is 2.42. The topological polar surface area (TPSA) is 49.8 Å². The average Bonchev–Trinajstić information content (AvgIpc) is 2.41. The van der Waals surface area contributed by atoms with Crippen molar-refractivity contribution in [2.24, 2.45) is 5.41 Å². The molecule has 0 spiro atoms. The van der Waals surface area contributed by atoms with Gasteiger partial charge in [-0.1, -0.05) is 13.8 Å². The molecule has 1 fully saturated rings. The number of hydrogen-bond acceptors (Lipinski definition) is 4. The van der Waals surface area contributed by atoms with Gasteiger partial charge in [-0.3, -0.25) is 4.79 Å². The number of esters is 1. The van der Waals surface area contributed by atoms with E-state index in [4.69, 9.17) is 4.74 Å². The van der Waals surface area contributed by atoms with E-state index in [-0.39, 0.29) is 12.6 Å². The van der Waals surface area contributed by atoms with Crippen molar-refractivity contribution in [3.8, 4) is 0 Å². The lowest BCUT2D eigenvalue weighted by molar-refractivity contribution is -0.162. The van der Waals surface area contributed by atoms with E-state index in [0.29, 0.717) is 25.5 Å². The molecule has 18 heavy (non-hydrogen) atoms. The molecule has 0 amide bonds. The summed E-state index contributed by atoms with van der Waals surface area (Å²) in [5.74, 6) is -0.225. The maximum absolute atomic E-state index is 12.0. The lowest BCUT2D eigenvalue weighted by Gasteiger charge is -2.41. The van der Waals surface area contributed by atoms with Crippen LogP contribution >= 0.6 is 0 Å². The lowest BCUT2D eigenvalue weighted by Crippen LogP contribution is -2.50. The molecule has 0 bridgehead atoms. The number of nitrogens with zero attached hydrogens (tertiary/aromatic N) is 1. The molecule has 0 aromatic carbocycles. The largest absolute Gasteiger partial charge is 0.465 e. The van der Waals surface area contributed by atoms with Gasteiger partial charge in [-0.15, -0.1) is 0 Å². The van der Waals surface area contributed by atoms with Gasteiger partial charge in [0.1, 0.15) is 0 Å². The highest BCUT2D eigenvalue weighted by molar-refractivity contribution is 5.77. The summed E-state index contributed by atoms with van der Waals surface area (Å²) in [6.07, 6.45) is 3.70. The summed E-state index contributed by atoms with van der Waals surface area (Å²) in [7, 11) is 0. The predicted octanol–water partition coefficient (Wildman–Crippen LogP) is 1.81. The van der Waals surface area contributed by atoms with Crippen molar-refractivity contribution >= 4 is 5.97 Å². The summed E-state index contributed by atoms with van der Waals surface area (Å²) in [5, 5.41) is 9.56. The lowest BCUT2D eigenvalue weighted by atomic mass is 9.78. The van der Waals surface area contributed by atoms with Crippen LogP contribution in [0, 0.1) is 5.41 Å². The van der Waals surface area contributed by atoms with E-state index in [9.17, 15) is 9.90 Å². The minimum atomic E-state index is -0.654. The van der Waals surface area contributed by atoms with Crippen molar-refractivity contribution in [2.45, 2.75) is 52.5 Å². The molecule has 0 saturated carbocycles. The fourth-order valence-electron chi connectivity index (χ4n) is 2.83. The Morgan fingerprint density at radius 2 is 1.83 bits per heavy atom.